The highest BCUT2D eigenvalue weighted by atomic mass is 32.2. The van der Waals surface area contributed by atoms with Crippen molar-refractivity contribution in [1.29, 1.82) is 0 Å². The van der Waals surface area contributed by atoms with E-state index in [2.05, 4.69) is 0 Å². The molecule has 0 aliphatic carbocycles. The standard InChI is InChI=1S/C26H26O4S/c1-16-19(15-20(26(2,3)4)23(28)21(16)25(29)30)22(27)24(17-11-7-5-8-12-17)31-18-13-9-6-10-14-18/h5-15,24,28H,1-4H3,(H,29,30). The molecule has 0 amide bonds. The smallest absolute Gasteiger partial charge is 0.339 e. The van der Waals surface area contributed by atoms with Gasteiger partial charge in [-0.1, -0.05) is 69.3 Å². The van der Waals surface area contributed by atoms with Crippen LogP contribution in [0.3, 0.4) is 0 Å². The molecule has 0 aliphatic heterocycles. The van der Waals surface area contributed by atoms with Gasteiger partial charge in [0.1, 0.15) is 11.3 Å². The molecule has 2 N–H and O–H groups in total. The average molecular weight is 435 g/mol. The number of rotatable bonds is 6. The maximum Gasteiger partial charge on any atom is 0.339 e. The fourth-order valence-corrected chi connectivity index (χ4v) is 4.65. The van der Waals surface area contributed by atoms with E-state index in [1.165, 1.54) is 11.8 Å². The molecule has 4 nitrogen and oxygen atoms in total. The number of carbonyl (C=O) groups excluding carboxylic acids is 1. The van der Waals surface area contributed by atoms with Crippen molar-refractivity contribution >= 4 is 23.5 Å². The molecule has 3 rings (SSSR count). The molecule has 0 fully saturated rings. The largest absolute Gasteiger partial charge is 0.507 e. The Hall–Kier alpha value is -3.05. The number of phenols is 1. The molecular formula is C26H26O4S. The molecule has 1 atom stereocenters. The summed E-state index contributed by atoms with van der Waals surface area (Å²) in [5, 5.41) is 19.9. The normalized spacial score (nSPS) is 12.4. The fraction of sp³-hybridized carbons (Fsp3) is 0.231. The topological polar surface area (TPSA) is 74.6 Å². The number of benzene rings is 3. The lowest BCUT2D eigenvalue weighted by Crippen LogP contribution is -2.19. The Balaban J connectivity index is 2.19. The molecule has 5 heteroatoms. The average Bonchev–Trinajstić information content (AvgIpc) is 2.72. The Morgan fingerprint density at radius 3 is 2.00 bits per heavy atom. The fourth-order valence-electron chi connectivity index (χ4n) is 3.53. The highest BCUT2D eigenvalue weighted by Gasteiger charge is 2.31. The van der Waals surface area contributed by atoms with Crippen LogP contribution in [0.25, 0.3) is 0 Å². The third-order valence-electron chi connectivity index (χ3n) is 5.18. The summed E-state index contributed by atoms with van der Waals surface area (Å²) in [7, 11) is 0. The second kappa shape index (κ2) is 8.98. The second-order valence-electron chi connectivity index (χ2n) is 8.46. The number of Topliss-reactive ketones (excluding diaryl/α,β-unsaturated/α-hetero) is 1. The summed E-state index contributed by atoms with van der Waals surface area (Å²) in [6, 6.07) is 20.8. The molecule has 0 heterocycles. The third kappa shape index (κ3) is 4.83. The molecule has 0 bridgehead atoms. The van der Waals surface area contributed by atoms with Crippen molar-refractivity contribution in [2.24, 2.45) is 0 Å². The van der Waals surface area contributed by atoms with Crippen molar-refractivity contribution in [3.05, 3.63) is 94.5 Å². The van der Waals surface area contributed by atoms with Gasteiger partial charge >= 0.3 is 5.97 Å². The van der Waals surface area contributed by atoms with E-state index >= 15 is 0 Å². The van der Waals surface area contributed by atoms with Crippen LogP contribution >= 0.6 is 11.8 Å². The van der Waals surface area contributed by atoms with Crippen LogP contribution in [-0.2, 0) is 5.41 Å². The van der Waals surface area contributed by atoms with Crippen LogP contribution in [-0.4, -0.2) is 22.0 Å². The van der Waals surface area contributed by atoms with Crippen LogP contribution in [0.5, 0.6) is 5.75 Å². The SMILES string of the molecule is Cc1c(C(=O)C(Sc2ccccc2)c2ccccc2)cc(C(C)(C)C)c(O)c1C(=O)O. The van der Waals surface area contributed by atoms with Crippen molar-refractivity contribution in [2.45, 2.75) is 43.3 Å². The number of aromatic carboxylic acids is 1. The van der Waals surface area contributed by atoms with Crippen LogP contribution in [0, 0.1) is 6.92 Å². The number of carbonyl (C=O) groups is 2. The maximum atomic E-state index is 13.8. The first kappa shape index (κ1) is 22.6. The molecule has 0 saturated carbocycles. The second-order valence-corrected chi connectivity index (χ2v) is 9.64. The number of thioether (sulfide) groups is 1. The summed E-state index contributed by atoms with van der Waals surface area (Å²) >= 11 is 1.43. The number of ketones is 1. The number of carboxylic acid groups (broad SMARTS) is 1. The summed E-state index contributed by atoms with van der Waals surface area (Å²) in [4.78, 5) is 26.7. The summed E-state index contributed by atoms with van der Waals surface area (Å²) in [5.41, 5.74) is 1.12. The maximum absolute atomic E-state index is 13.8. The Morgan fingerprint density at radius 1 is 0.935 bits per heavy atom. The number of carboxylic acids is 1. The predicted octanol–water partition coefficient (Wildman–Crippen LogP) is 6.41. The molecular weight excluding hydrogens is 408 g/mol. The number of aromatic hydroxyl groups is 1. The summed E-state index contributed by atoms with van der Waals surface area (Å²) in [6.45, 7) is 7.22. The zero-order valence-corrected chi connectivity index (χ0v) is 18.9. The first-order chi connectivity index (χ1) is 14.6. The lowest BCUT2D eigenvalue weighted by atomic mass is 9.81. The minimum atomic E-state index is -1.25. The van der Waals surface area contributed by atoms with Crippen molar-refractivity contribution in [1.82, 2.24) is 0 Å². The first-order valence-corrected chi connectivity index (χ1v) is 10.9. The van der Waals surface area contributed by atoms with Gasteiger partial charge in [-0.2, -0.15) is 0 Å². The van der Waals surface area contributed by atoms with Gasteiger partial charge in [0.05, 0.1) is 5.25 Å². The van der Waals surface area contributed by atoms with Crippen molar-refractivity contribution < 1.29 is 19.8 Å². The number of hydrogen-bond donors (Lipinski definition) is 2. The first-order valence-electron chi connectivity index (χ1n) is 10.0. The molecule has 0 aromatic heterocycles. The van der Waals surface area contributed by atoms with E-state index in [0.717, 1.165) is 10.5 Å². The molecule has 0 spiro atoms. The number of hydrogen-bond acceptors (Lipinski definition) is 4. The minimum Gasteiger partial charge on any atom is -0.507 e. The molecule has 160 valence electrons. The van der Waals surface area contributed by atoms with Gasteiger partial charge in [-0.15, -0.1) is 11.8 Å². The van der Waals surface area contributed by atoms with Crippen molar-refractivity contribution in [3.63, 3.8) is 0 Å². The molecule has 0 saturated heterocycles. The Kier molecular flexibility index (Phi) is 6.56. The summed E-state index contributed by atoms with van der Waals surface area (Å²) < 4.78 is 0. The van der Waals surface area contributed by atoms with E-state index in [1.54, 1.807) is 13.0 Å². The van der Waals surface area contributed by atoms with Crippen LogP contribution in [0.15, 0.2) is 71.6 Å². The molecule has 31 heavy (non-hydrogen) atoms. The van der Waals surface area contributed by atoms with Gasteiger partial charge in [0.25, 0.3) is 0 Å². The van der Waals surface area contributed by atoms with Gasteiger partial charge in [-0.25, -0.2) is 4.79 Å². The predicted molar refractivity (Wildman–Crippen MR) is 124 cm³/mol. The van der Waals surface area contributed by atoms with E-state index in [4.69, 9.17) is 0 Å². The van der Waals surface area contributed by atoms with Gasteiger partial charge in [0.2, 0.25) is 0 Å². The van der Waals surface area contributed by atoms with Crippen LogP contribution in [0.1, 0.15) is 63.4 Å². The van der Waals surface area contributed by atoms with Gasteiger partial charge in [0, 0.05) is 16.0 Å². The molecule has 0 aliphatic rings. The Bertz CT molecular complexity index is 1100. The van der Waals surface area contributed by atoms with E-state index in [0.29, 0.717) is 11.1 Å². The van der Waals surface area contributed by atoms with E-state index in [-0.39, 0.29) is 22.7 Å². The van der Waals surface area contributed by atoms with Crippen molar-refractivity contribution in [3.8, 4) is 5.75 Å². The van der Waals surface area contributed by atoms with Gasteiger partial charge in [0.15, 0.2) is 5.78 Å². The highest BCUT2D eigenvalue weighted by Crippen LogP contribution is 2.42. The minimum absolute atomic E-state index is 0.189. The van der Waals surface area contributed by atoms with Gasteiger partial charge in [-0.05, 0) is 41.7 Å². The Morgan fingerprint density at radius 2 is 1.48 bits per heavy atom. The van der Waals surface area contributed by atoms with Crippen LogP contribution in [0.4, 0.5) is 0 Å². The molecule has 3 aromatic rings. The summed E-state index contributed by atoms with van der Waals surface area (Å²) in [5.74, 6) is -1.71. The molecule has 3 aromatic carbocycles. The van der Waals surface area contributed by atoms with Crippen LogP contribution < -0.4 is 0 Å². The van der Waals surface area contributed by atoms with E-state index in [9.17, 15) is 19.8 Å². The highest BCUT2D eigenvalue weighted by molar-refractivity contribution is 8.00. The monoisotopic (exact) mass is 434 g/mol. The van der Waals surface area contributed by atoms with Gasteiger partial charge in [-0.3, -0.25) is 4.79 Å². The third-order valence-corrected chi connectivity index (χ3v) is 6.45. The zero-order chi connectivity index (χ0) is 22.8. The Labute approximate surface area is 186 Å². The lowest BCUT2D eigenvalue weighted by Gasteiger charge is -2.25. The quantitative estimate of drug-likeness (QED) is 0.346. The van der Waals surface area contributed by atoms with Crippen molar-refractivity contribution in [2.75, 3.05) is 0 Å². The zero-order valence-electron chi connectivity index (χ0n) is 18.0. The van der Waals surface area contributed by atoms with E-state index < -0.39 is 16.6 Å². The lowest BCUT2D eigenvalue weighted by molar-refractivity contribution is 0.0692. The van der Waals surface area contributed by atoms with Crippen LogP contribution in [0.2, 0.25) is 0 Å². The summed E-state index contributed by atoms with van der Waals surface area (Å²) in [6.07, 6.45) is 0. The van der Waals surface area contributed by atoms with E-state index in [1.807, 2.05) is 81.4 Å². The molecule has 0 radical (unpaired) electrons. The van der Waals surface area contributed by atoms with Gasteiger partial charge < -0.3 is 10.2 Å². The molecule has 1 unspecified atom stereocenters.